The highest BCUT2D eigenvalue weighted by Crippen LogP contribution is 2.38. The van der Waals surface area contributed by atoms with E-state index < -0.39 is 28.9 Å². The maximum absolute atomic E-state index is 12.9. The number of methoxy groups -OCH3 is 1. The zero-order valence-electron chi connectivity index (χ0n) is 7.56. The van der Waals surface area contributed by atoms with Gasteiger partial charge in [0, 0.05) is 0 Å². The molecule has 0 fully saturated rings. The van der Waals surface area contributed by atoms with Crippen LogP contribution in [0, 0.1) is 5.82 Å². The van der Waals surface area contributed by atoms with Gasteiger partial charge in [-0.05, 0) is 12.1 Å². The third-order valence-electron chi connectivity index (χ3n) is 1.78. The molecule has 0 aliphatic heterocycles. The predicted octanol–water partition coefficient (Wildman–Crippen LogP) is 2.67. The number of carbonyl (C=O) groups is 1. The van der Waals surface area contributed by atoms with Crippen LogP contribution in [0.4, 0.5) is 17.6 Å². The minimum Gasteiger partial charge on any atom is -0.496 e. The van der Waals surface area contributed by atoms with Crippen molar-refractivity contribution in [3.8, 4) is 5.75 Å². The Kier molecular flexibility index (Phi) is 2.97. The van der Waals surface area contributed by atoms with E-state index in [1.54, 1.807) is 0 Å². The van der Waals surface area contributed by atoms with Crippen LogP contribution in [0.1, 0.15) is 15.9 Å². The summed E-state index contributed by atoms with van der Waals surface area (Å²) < 4.78 is 54.7. The minimum absolute atomic E-state index is 0.180. The summed E-state index contributed by atoms with van der Waals surface area (Å²) in [6, 6.07) is 1.57. The van der Waals surface area contributed by atoms with Crippen molar-refractivity contribution in [1.29, 1.82) is 0 Å². The van der Waals surface area contributed by atoms with E-state index in [-0.39, 0.29) is 6.29 Å². The Hall–Kier alpha value is -1.59. The molecule has 0 saturated heterocycles. The van der Waals surface area contributed by atoms with Crippen molar-refractivity contribution < 1.29 is 27.1 Å². The number of halogens is 4. The van der Waals surface area contributed by atoms with Crippen LogP contribution in [-0.2, 0) is 6.18 Å². The van der Waals surface area contributed by atoms with E-state index in [4.69, 9.17) is 0 Å². The van der Waals surface area contributed by atoms with Gasteiger partial charge in [-0.2, -0.15) is 13.2 Å². The van der Waals surface area contributed by atoms with Gasteiger partial charge in [0.05, 0.1) is 12.7 Å². The van der Waals surface area contributed by atoms with Crippen LogP contribution in [0.15, 0.2) is 12.1 Å². The highest BCUT2D eigenvalue weighted by molar-refractivity contribution is 5.79. The fourth-order valence-electron chi connectivity index (χ4n) is 1.15. The minimum atomic E-state index is -4.83. The Balaban J connectivity index is 3.55. The molecule has 0 atom stereocenters. The van der Waals surface area contributed by atoms with Gasteiger partial charge in [-0.15, -0.1) is 0 Å². The van der Waals surface area contributed by atoms with E-state index in [2.05, 4.69) is 4.74 Å². The molecule has 82 valence electrons. The van der Waals surface area contributed by atoms with E-state index in [9.17, 15) is 22.4 Å². The molecule has 0 N–H and O–H groups in total. The molecule has 0 unspecified atom stereocenters. The first kappa shape index (κ1) is 11.5. The fraction of sp³-hybridized carbons (Fsp3) is 0.222. The number of benzene rings is 1. The van der Waals surface area contributed by atoms with Crippen molar-refractivity contribution in [2.75, 3.05) is 7.11 Å². The lowest BCUT2D eigenvalue weighted by molar-refractivity contribution is -0.139. The fourth-order valence-corrected chi connectivity index (χ4v) is 1.15. The van der Waals surface area contributed by atoms with E-state index in [0.29, 0.717) is 0 Å². The Morgan fingerprint density at radius 2 is 1.93 bits per heavy atom. The molecule has 0 aliphatic carbocycles. The molecule has 2 nitrogen and oxygen atoms in total. The number of hydrogen-bond donors (Lipinski definition) is 0. The molecule has 0 heterocycles. The number of aldehydes is 1. The monoisotopic (exact) mass is 222 g/mol. The molecular formula is C9H6F4O2. The molecule has 0 radical (unpaired) electrons. The molecule has 1 aromatic carbocycles. The van der Waals surface area contributed by atoms with Crippen LogP contribution in [-0.4, -0.2) is 13.4 Å². The van der Waals surface area contributed by atoms with Crippen molar-refractivity contribution in [2.24, 2.45) is 0 Å². The van der Waals surface area contributed by atoms with E-state index in [1.807, 2.05) is 0 Å². The van der Waals surface area contributed by atoms with Crippen molar-refractivity contribution in [1.82, 2.24) is 0 Å². The first-order valence-corrected chi connectivity index (χ1v) is 3.80. The number of ether oxygens (including phenoxy) is 1. The second-order valence-corrected chi connectivity index (χ2v) is 2.65. The van der Waals surface area contributed by atoms with Gasteiger partial charge in [0.25, 0.3) is 0 Å². The standard InChI is InChI=1S/C9H6F4O2/c1-15-7-3-2-6(10)5(4-14)8(7)9(11,12)13/h2-4H,1H3. The average Bonchev–Trinajstić information content (AvgIpc) is 2.15. The average molecular weight is 222 g/mol. The van der Waals surface area contributed by atoms with Gasteiger partial charge in [0.2, 0.25) is 0 Å². The molecule has 0 spiro atoms. The summed E-state index contributed by atoms with van der Waals surface area (Å²) in [5.74, 6) is -1.80. The largest absolute Gasteiger partial charge is 0.496 e. The first-order chi connectivity index (χ1) is 6.91. The van der Waals surface area contributed by atoms with Crippen molar-refractivity contribution in [3.05, 3.63) is 29.1 Å². The number of carbonyl (C=O) groups excluding carboxylic acids is 1. The summed E-state index contributed by atoms with van der Waals surface area (Å²) >= 11 is 0. The van der Waals surface area contributed by atoms with Crippen molar-refractivity contribution >= 4 is 6.29 Å². The number of rotatable bonds is 2. The molecule has 1 aromatic rings. The highest BCUT2D eigenvalue weighted by Gasteiger charge is 2.38. The Labute approximate surface area is 82.5 Å². The Bertz CT molecular complexity index is 384. The van der Waals surface area contributed by atoms with E-state index >= 15 is 0 Å². The molecule has 0 saturated carbocycles. The van der Waals surface area contributed by atoms with Gasteiger partial charge in [-0.25, -0.2) is 4.39 Å². The van der Waals surface area contributed by atoms with Gasteiger partial charge in [0.1, 0.15) is 17.1 Å². The van der Waals surface area contributed by atoms with Gasteiger partial charge < -0.3 is 4.74 Å². The third-order valence-corrected chi connectivity index (χ3v) is 1.78. The first-order valence-electron chi connectivity index (χ1n) is 3.80. The van der Waals surface area contributed by atoms with Crippen LogP contribution in [0.25, 0.3) is 0 Å². The molecule has 1 rings (SSSR count). The summed E-state index contributed by atoms with van der Waals surface area (Å²) in [6.45, 7) is 0. The molecule has 0 aliphatic rings. The highest BCUT2D eigenvalue weighted by atomic mass is 19.4. The number of alkyl halides is 3. The molecule has 0 bridgehead atoms. The smallest absolute Gasteiger partial charge is 0.420 e. The van der Waals surface area contributed by atoms with Crippen LogP contribution in [0.3, 0.4) is 0 Å². The SMILES string of the molecule is COc1ccc(F)c(C=O)c1C(F)(F)F. The Morgan fingerprint density at radius 3 is 2.33 bits per heavy atom. The second kappa shape index (κ2) is 3.88. The summed E-state index contributed by atoms with van der Waals surface area (Å²) in [7, 11) is 1.01. The lowest BCUT2D eigenvalue weighted by Gasteiger charge is -2.13. The third kappa shape index (κ3) is 2.08. The normalized spacial score (nSPS) is 11.3. The molecule has 0 amide bonds. The van der Waals surface area contributed by atoms with Crippen molar-refractivity contribution in [2.45, 2.75) is 6.18 Å². The Morgan fingerprint density at radius 1 is 1.33 bits per heavy atom. The van der Waals surface area contributed by atoms with Gasteiger partial charge in [-0.3, -0.25) is 4.79 Å². The summed E-state index contributed by atoms with van der Waals surface area (Å²) in [5.41, 5.74) is -2.43. The van der Waals surface area contributed by atoms with Gasteiger partial charge in [-0.1, -0.05) is 0 Å². The lowest BCUT2D eigenvalue weighted by Crippen LogP contribution is -2.12. The maximum Gasteiger partial charge on any atom is 0.420 e. The zero-order valence-corrected chi connectivity index (χ0v) is 7.56. The summed E-state index contributed by atoms with van der Waals surface area (Å²) in [5, 5.41) is 0. The molecule has 0 aromatic heterocycles. The van der Waals surface area contributed by atoms with Crippen LogP contribution >= 0.6 is 0 Å². The summed E-state index contributed by atoms with van der Waals surface area (Å²) in [4.78, 5) is 10.4. The maximum atomic E-state index is 12.9. The van der Waals surface area contributed by atoms with Gasteiger partial charge >= 0.3 is 6.18 Å². The zero-order chi connectivity index (χ0) is 11.6. The molecule has 15 heavy (non-hydrogen) atoms. The summed E-state index contributed by atoms with van der Waals surface area (Å²) in [6.07, 6.45) is -5.01. The second-order valence-electron chi connectivity index (χ2n) is 2.65. The van der Waals surface area contributed by atoms with Crippen LogP contribution < -0.4 is 4.74 Å². The van der Waals surface area contributed by atoms with Crippen LogP contribution in [0.5, 0.6) is 5.75 Å². The topological polar surface area (TPSA) is 26.3 Å². The number of hydrogen-bond acceptors (Lipinski definition) is 2. The quantitative estimate of drug-likeness (QED) is 0.568. The van der Waals surface area contributed by atoms with E-state index in [0.717, 1.165) is 19.2 Å². The molecule has 6 heteroatoms. The molecular weight excluding hydrogens is 216 g/mol. The van der Waals surface area contributed by atoms with Crippen LogP contribution in [0.2, 0.25) is 0 Å². The van der Waals surface area contributed by atoms with Crippen molar-refractivity contribution in [3.63, 3.8) is 0 Å². The lowest BCUT2D eigenvalue weighted by atomic mass is 10.1. The predicted molar refractivity (Wildman–Crippen MR) is 43.3 cm³/mol. The van der Waals surface area contributed by atoms with E-state index in [1.165, 1.54) is 0 Å². The van der Waals surface area contributed by atoms with Gasteiger partial charge in [0.15, 0.2) is 6.29 Å².